The van der Waals surface area contributed by atoms with E-state index in [1.54, 1.807) is 0 Å². The summed E-state index contributed by atoms with van der Waals surface area (Å²) in [7, 11) is 0. The van der Waals surface area contributed by atoms with Crippen LogP contribution in [-0.2, 0) is 4.79 Å². The molecule has 8 heteroatoms. The van der Waals surface area contributed by atoms with Gasteiger partial charge in [0.15, 0.2) is 0 Å². The topological polar surface area (TPSA) is 69.6 Å². The first-order valence-corrected chi connectivity index (χ1v) is 6.12. The molecule has 0 aromatic carbocycles. The molecule has 2 N–H and O–H groups in total. The fourth-order valence-electron chi connectivity index (χ4n) is 2.25. The Balaban J connectivity index is 1.95. The number of carbonyl (C=O) groups excluding carboxylic acids is 1. The first-order valence-electron chi connectivity index (χ1n) is 6.12. The van der Waals surface area contributed by atoms with Crippen LogP contribution in [0.4, 0.5) is 18.0 Å². The first kappa shape index (κ1) is 14.0. The van der Waals surface area contributed by atoms with Crippen LogP contribution < -0.4 is 5.32 Å². The van der Waals surface area contributed by atoms with Crippen LogP contribution in [-0.4, -0.2) is 46.8 Å². The summed E-state index contributed by atoms with van der Waals surface area (Å²) in [4.78, 5) is 23.8. The molecule has 2 fully saturated rings. The van der Waals surface area contributed by atoms with E-state index in [9.17, 15) is 22.8 Å². The van der Waals surface area contributed by atoms with Gasteiger partial charge in [0.05, 0.1) is 5.92 Å². The Hall–Kier alpha value is -1.47. The number of aliphatic carboxylic acids is 1. The van der Waals surface area contributed by atoms with E-state index in [4.69, 9.17) is 5.11 Å². The van der Waals surface area contributed by atoms with E-state index >= 15 is 0 Å². The second-order valence-electron chi connectivity index (χ2n) is 5.13. The summed E-state index contributed by atoms with van der Waals surface area (Å²) in [5.41, 5.74) is -2.10. The summed E-state index contributed by atoms with van der Waals surface area (Å²) < 4.78 is 38.1. The van der Waals surface area contributed by atoms with Gasteiger partial charge in [-0.25, -0.2) is 4.79 Å². The lowest BCUT2D eigenvalue weighted by Gasteiger charge is -2.32. The molecule has 2 rings (SSSR count). The van der Waals surface area contributed by atoms with Crippen molar-refractivity contribution in [2.24, 2.45) is 5.92 Å². The fraction of sp³-hybridized carbons (Fsp3) is 0.818. The first-order chi connectivity index (χ1) is 8.75. The SMILES string of the molecule is O=C(O)C1CCCN(C(=O)NC2(C(F)(F)F)CC2)C1. The Bertz CT molecular complexity index is 393. The molecule has 108 valence electrons. The molecular weight excluding hydrogens is 265 g/mol. The summed E-state index contributed by atoms with van der Waals surface area (Å²) in [5.74, 6) is -1.71. The van der Waals surface area contributed by atoms with E-state index in [-0.39, 0.29) is 19.4 Å². The molecule has 1 aliphatic heterocycles. The van der Waals surface area contributed by atoms with E-state index < -0.39 is 29.6 Å². The van der Waals surface area contributed by atoms with Gasteiger partial charge in [-0.1, -0.05) is 0 Å². The van der Waals surface area contributed by atoms with Gasteiger partial charge < -0.3 is 15.3 Å². The number of alkyl halides is 3. The van der Waals surface area contributed by atoms with Crippen molar-refractivity contribution in [2.75, 3.05) is 13.1 Å². The highest BCUT2D eigenvalue weighted by Crippen LogP contribution is 2.49. The maximum atomic E-state index is 12.7. The number of carbonyl (C=O) groups is 2. The molecule has 0 aromatic heterocycles. The van der Waals surface area contributed by atoms with Crippen LogP contribution in [0.5, 0.6) is 0 Å². The zero-order valence-corrected chi connectivity index (χ0v) is 10.2. The van der Waals surface area contributed by atoms with E-state index in [2.05, 4.69) is 0 Å². The van der Waals surface area contributed by atoms with Crippen molar-refractivity contribution in [3.63, 3.8) is 0 Å². The molecule has 1 saturated heterocycles. The monoisotopic (exact) mass is 280 g/mol. The number of nitrogens with zero attached hydrogens (tertiary/aromatic N) is 1. The third kappa shape index (κ3) is 2.76. The molecule has 1 heterocycles. The number of hydrogen-bond acceptors (Lipinski definition) is 2. The molecule has 0 spiro atoms. The van der Waals surface area contributed by atoms with Crippen LogP contribution >= 0.6 is 0 Å². The third-order valence-electron chi connectivity index (χ3n) is 3.70. The molecule has 0 radical (unpaired) electrons. The number of urea groups is 1. The minimum absolute atomic E-state index is 0.0326. The van der Waals surface area contributed by atoms with Gasteiger partial charge in [-0.3, -0.25) is 4.79 Å². The Morgan fingerprint density at radius 1 is 1.32 bits per heavy atom. The van der Waals surface area contributed by atoms with Crippen molar-refractivity contribution in [3.05, 3.63) is 0 Å². The Morgan fingerprint density at radius 2 is 1.95 bits per heavy atom. The average molecular weight is 280 g/mol. The van der Waals surface area contributed by atoms with Crippen molar-refractivity contribution >= 4 is 12.0 Å². The van der Waals surface area contributed by atoms with E-state index in [1.807, 2.05) is 5.32 Å². The van der Waals surface area contributed by atoms with Gasteiger partial charge in [0.1, 0.15) is 5.54 Å². The number of carboxylic acids is 1. The predicted molar refractivity (Wildman–Crippen MR) is 58.5 cm³/mol. The molecule has 2 amide bonds. The number of amides is 2. The van der Waals surface area contributed by atoms with Crippen molar-refractivity contribution in [1.29, 1.82) is 0 Å². The number of carboxylic acid groups (broad SMARTS) is 1. The molecular formula is C11H15F3N2O3. The minimum Gasteiger partial charge on any atom is -0.481 e. The maximum absolute atomic E-state index is 12.7. The highest BCUT2D eigenvalue weighted by atomic mass is 19.4. The Labute approximate surface area is 107 Å². The van der Waals surface area contributed by atoms with Gasteiger partial charge in [0, 0.05) is 13.1 Å². The predicted octanol–water partition coefficient (Wildman–Crippen LogP) is 1.59. The standard InChI is InChI=1S/C11H15F3N2O3/c12-11(13,14)10(3-4-10)15-9(19)16-5-1-2-7(6-16)8(17)18/h7H,1-6H2,(H,15,19)(H,17,18). The van der Waals surface area contributed by atoms with Gasteiger partial charge in [0.2, 0.25) is 0 Å². The molecule has 5 nitrogen and oxygen atoms in total. The van der Waals surface area contributed by atoms with Crippen LogP contribution in [0.25, 0.3) is 0 Å². The van der Waals surface area contributed by atoms with E-state index in [0.717, 1.165) is 4.90 Å². The molecule has 0 bridgehead atoms. The normalized spacial score (nSPS) is 25.8. The number of rotatable bonds is 2. The molecule has 19 heavy (non-hydrogen) atoms. The maximum Gasteiger partial charge on any atom is 0.411 e. The second kappa shape index (κ2) is 4.57. The summed E-state index contributed by atoms with van der Waals surface area (Å²) in [6.07, 6.45) is -3.74. The van der Waals surface area contributed by atoms with Crippen LogP contribution in [0.2, 0.25) is 0 Å². The summed E-state index contributed by atoms with van der Waals surface area (Å²) in [6.45, 7) is 0.263. The van der Waals surface area contributed by atoms with Gasteiger partial charge >= 0.3 is 18.2 Å². The van der Waals surface area contributed by atoms with Crippen molar-refractivity contribution in [1.82, 2.24) is 10.2 Å². The van der Waals surface area contributed by atoms with Crippen LogP contribution in [0.15, 0.2) is 0 Å². The van der Waals surface area contributed by atoms with Crippen LogP contribution in [0, 0.1) is 5.92 Å². The largest absolute Gasteiger partial charge is 0.481 e. The van der Waals surface area contributed by atoms with E-state index in [1.165, 1.54) is 0 Å². The fourth-order valence-corrected chi connectivity index (χ4v) is 2.25. The molecule has 1 saturated carbocycles. The zero-order valence-electron chi connectivity index (χ0n) is 10.2. The Kier molecular flexibility index (Phi) is 3.36. The van der Waals surface area contributed by atoms with Gasteiger partial charge in [-0.05, 0) is 25.7 Å². The zero-order chi connectivity index (χ0) is 14.3. The average Bonchev–Trinajstić information content (AvgIpc) is 3.09. The summed E-state index contributed by atoms with van der Waals surface area (Å²) in [5, 5.41) is 10.9. The molecule has 1 unspecified atom stereocenters. The minimum atomic E-state index is -4.45. The second-order valence-corrected chi connectivity index (χ2v) is 5.13. The number of nitrogens with one attached hydrogen (secondary N) is 1. The molecule has 1 aliphatic carbocycles. The summed E-state index contributed by atoms with van der Waals surface area (Å²) >= 11 is 0. The number of halogens is 3. The third-order valence-corrected chi connectivity index (χ3v) is 3.70. The number of piperidine rings is 1. The summed E-state index contributed by atoms with van der Waals surface area (Å²) in [6, 6.07) is -0.819. The van der Waals surface area contributed by atoms with Gasteiger partial charge in [-0.2, -0.15) is 13.2 Å². The Morgan fingerprint density at radius 3 is 2.42 bits per heavy atom. The quantitative estimate of drug-likeness (QED) is 0.807. The lowest BCUT2D eigenvalue weighted by Crippen LogP contribution is -2.55. The molecule has 1 atom stereocenters. The molecule has 2 aliphatic rings. The molecule has 0 aromatic rings. The van der Waals surface area contributed by atoms with Gasteiger partial charge in [0.25, 0.3) is 0 Å². The number of likely N-dealkylation sites (tertiary alicyclic amines) is 1. The lowest BCUT2D eigenvalue weighted by molar-refractivity contribution is -0.163. The van der Waals surface area contributed by atoms with Crippen LogP contribution in [0.1, 0.15) is 25.7 Å². The van der Waals surface area contributed by atoms with Crippen molar-refractivity contribution in [3.8, 4) is 0 Å². The van der Waals surface area contributed by atoms with Crippen molar-refractivity contribution in [2.45, 2.75) is 37.4 Å². The highest BCUT2D eigenvalue weighted by Gasteiger charge is 2.64. The highest BCUT2D eigenvalue weighted by molar-refractivity contribution is 5.77. The van der Waals surface area contributed by atoms with Gasteiger partial charge in [-0.15, -0.1) is 0 Å². The van der Waals surface area contributed by atoms with Crippen LogP contribution in [0.3, 0.4) is 0 Å². The van der Waals surface area contributed by atoms with Crippen molar-refractivity contribution < 1.29 is 27.9 Å². The number of hydrogen-bond donors (Lipinski definition) is 2. The van der Waals surface area contributed by atoms with E-state index in [0.29, 0.717) is 19.4 Å². The lowest BCUT2D eigenvalue weighted by atomic mass is 9.99. The smallest absolute Gasteiger partial charge is 0.411 e.